The molecule has 0 spiro atoms. The summed E-state index contributed by atoms with van der Waals surface area (Å²) in [5.74, 6) is 0. The van der Waals surface area contributed by atoms with Crippen molar-refractivity contribution in [2.45, 2.75) is 55.4 Å². The largest absolute Gasteiger partial charge is 0.361 e. The molecule has 0 saturated carbocycles. The van der Waals surface area contributed by atoms with Crippen LogP contribution >= 0.6 is 92.5 Å². The fourth-order valence-corrected chi connectivity index (χ4v) is 9.95. The molecule has 0 saturated heterocycles. The van der Waals surface area contributed by atoms with Gasteiger partial charge < -0.3 is 29.9 Å². The molecule has 9 nitrogen and oxygen atoms in total. The number of rotatable bonds is 0. The average Bonchev–Trinajstić information content (AvgIpc) is 4.25. The summed E-state index contributed by atoms with van der Waals surface area (Å²) in [5.41, 5.74) is 14.4. The van der Waals surface area contributed by atoms with Crippen molar-refractivity contribution in [3.8, 4) is 0 Å². The van der Waals surface area contributed by atoms with Crippen LogP contribution in [0.25, 0.3) is 65.7 Å². The number of fused-ring (bicyclic) bond motifs is 6. The second-order valence-corrected chi connectivity index (χ2v) is 21.8. The van der Waals surface area contributed by atoms with Gasteiger partial charge >= 0.3 is 0 Å². The van der Waals surface area contributed by atoms with Gasteiger partial charge in [0, 0.05) is 119 Å². The van der Waals surface area contributed by atoms with Crippen LogP contribution in [-0.2, 0) is 0 Å². The summed E-state index contributed by atoms with van der Waals surface area (Å²) < 4.78 is 0.757. The Morgan fingerprint density at radius 1 is 0.405 bits per heavy atom. The Morgan fingerprint density at radius 2 is 0.986 bits per heavy atom. The summed E-state index contributed by atoms with van der Waals surface area (Å²) in [4.78, 5) is 32.3. The first-order chi connectivity index (χ1) is 35.3. The van der Waals surface area contributed by atoms with Crippen LogP contribution in [0.5, 0.6) is 0 Å². The molecule has 74 heavy (non-hydrogen) atoms. The lowest BCUT2D eigenvalue weighted by atomic mass is 10.1. The van der Waals surface area contributed by atoms with Crippen LogP contribution in [0.2, 0.25) is 34.5 Å². The summed E-state index contributed by atoms with van der Waals surface area (Å²) in [6.45, 7) is 16.2. The highest BCUT2D eigenvalue weighted by molar-refractivity contribution is 7.16. The number of halogens is 7. The molecule has 17 heteroatoms. The number of benzene rings is 3. The van der Waals surface area contributed by atoms with E-state index < -0.39 is 0 Å². The molecule has 6 N–H and O–H groups in total. The smallest absolute Gasteiger partial charge is 0.139 e. The van der Waals surface area contributed by atoms with E-state index >= 15 is 0 Å². The van der Waals surface area contributed by atoms with E-state index in [-0.39, 0.29) is 0 Å². The number of pyridine rings is 3. The number of aryl methyl sites for hydroxylation is 8. The third-order valence-electron chi connectivity index (χ3n) is 11.2. The minimum Gasteiger partial charge on any atom is -0.361 e. The number of hydrogen-bond acceptors (Lipinski definition) is 4. The van der Waals surface area contributed by atoms with E-state index in [9.17, 15) is 0 Å². The van der Waals surface area contributed by atoms with E-state index in [1.807, 2.05) is 102 Å². The molecule has 0 bridgehead atoms. The summed E-state index contributed by atoms with van der Waals surface area (Å²) in [6.07, 6.45) is 10.8. The van der Waals surface area contributed by atoms with Crippen LogP contribution < -0.4 is 0 Å². The van der Waals surface area contributed by atoms with Gasteiger partial charge in [-0.1, -0.05) is 105 Å². The van der Waals surface area contributed by atoms with E-state index in [4.69, 9.17) is 81.2 Å². The highest BCUT2D eigenvalue weighted by Crippen LogP contribution is 2.29. The fourth-order valence-electron chi connectivity index (χ4n) is 7.55. The minimum absolute atomic E-state index is 0.677. The van der Waals surface area contributed by atoms with Crippen LogP contribution in [0.3, 0.4) is 0 Å². The number of nitrogens with one attached hydrogen (secondary N) is 6. The second kappa shape index (κ2) is 25.5. The van der Waals surface area contributed by atoms with Crippen LogP contribution in [-0.4, -0.2) is 44.9 Å². The van der Waals surface area contributed by atoms with Crippen LogP contribution in [0.4, 0.5) is 0 Å². The predicted octanol–water partition coefficient (Wildman–Crippen LogP) is 20.0. The topological polar surface area (TPSA) is 133 Å². The average molecular weight is 1140 g/mol. The van der Waals surface area contributed by atoms with Crippen molar-refractivity contribution in [1.29, 1.82) is 0 Å². The van der Waals surface area contributed by atoms with Crippen molar-refractivity contribution in [2.75, 3.05) is 0 Å². The van der Waals surface area contributed by atoms with Gasteiger partial charge in [0.2, 0.25) is 0 Å². The lowest BCUT2D eigenvalue weighted by Crippen LogP contribution is -1.79. The zero-order valence-corrected chi connectivity index (χ0v) is 47.7. The van der Waals surface area contributed by atoms with E-state index in [2.05, 4.69) is 102 Å². The molecule has 0 amide bonds. The highest BCUT2D eigenvalue weighted by Gasteiger charge is 2.04. The maximum absolute atomic E-state index is 5.89. The van der Waals surface area contributed by atoms with Crippen LogP contribution in [0, 0.1) is 55.4 Å². The maximum atomic E-state index is 5.89. The Hall–Kier alpha value is -5.92. The Balaban J connectivity index is 0.000000126. The lowest BCUT2D eigenvalue weighted by molar-refractivity contribution is 1.22. The summed E-state index contributed by atoms with van der Waals surface area (Å²) >= 11 is 41.9. The number of aromatic nitrogens is 9. The molecule has 380 valence electrons. The molecule has 0 unspecified atom stereocenters. The Morgan fingerprint density at radius 3 is 1.66 bits per heavy atom. The number of hydrogen-bond donors (Lipinski definition) is 6. The van der Waals surface area contributed by atoms with Crippen molar-refractivity contribution in [1.82, 2.24) is 44.9 Å². The predicted molar refractivity (Wildman–Crippen MR) is 320 cm³/mol. The molecule has 3 aromatic carbocycles. The SMILES string of the molecule is Cc1cc2[nH]cc(Cl)c2cn1.Cc1cc2cc(Cl)ccc2[nH]1.Cc1cc2cc(Cl)cnc2[nH]1.Cc1ccc2c(C)c[nH]c2c1.Cc1ccc2c(Cl)c[nH]c2c1.Cc1ccc2c(Cl)c[nH]c2n1.Cc1sc(Cl)cc1Cl. The molecule has 0 fully saturated rings. The third kappa shape index (κ3) is 15.1. The quantitative estimate of drug-likeness (QED) is 0.0903. The lowest BCUT2D eigenvalue weighted by Gasteiger charge is -1.92. The standard InChI is InChI=1S/C10H11N.2C9H8ClN.3C8H7ClN2.C5H4Cl2S/c1-7-3-4-9-8(2)6-11-10(9)5-7;1-6-4-7-5-8(10)2-3-9(7)11-6;1-6-2-3-7-8(10)5-11-9(7)4-6;1-5-2-8-6(3-10-5)7(9)4-11-8;1-5-2-6-3-7(9)4-10-8(6)11-5;1-5-2-3-6-7(9)4-10-8(6)11-5;1-3-4(6)2-5(7)8-3/h3-6,11H,1-2H3;2*2-5,11H,1H3;2-4,11H,1H3;2*2-4H,1H3,(H,10,11);2H,1H3. The highest BCUT2D eigenvalue weighted by atomic mass is 35.5. The Labute approximate surface area is 467 Å². The van der Waals surface area contributed by atoms with E-state index in [1.165, 1.54) is 50.0 Å². The minimum atomic E-state index is 0.677. The normalized spacial score (nSPS) is 10.6. The van der Waals surface area contributed by atoms with E-state index in [0.717, 1.165) is 101 Å². The van der Waals surface area contributed by atoms with Gasteiger partial charge in [-0.25, -0.2) is 9.97 Å². The maximum Gasteiger partial charge on any atom is 0.139 e. The molecular weight excluding hydrogens is 1090 g/mol. The van der Waals surface area contributed by atoms with Gasteiger partial charge in [-0.15, -0.1) is 11.3 Å². The molecule has 0 aliphatic heterocycles. The van der Waals surface area contributed by atoms with Crippen molar-refractivity contribution in [3.63, 3.8) is 0 Å². The first kappa shape index (κ1) is 55.8. The number of H-pyrrole nitrogens is 6. The third-order valence-corrected chi connectivity index (χ3v) is 14.3. The number of thiophene rings is 1. The fraction of sp³-hybridized carbons (Fsp3) is 0.140. The molecule has 0 aliphatic carbocycles. The van der Waals surface area contributed by atoms with Gasteiger partial charge in [0.1, 0.15) is 11.3 Å². The van der Waals surface area contributed by atoms with Gasteiger partial charge in [-0.2, -0.15) is 0 Å². The Kier molecular flexibility index (Phi) is 19.3. The molecule has 0 atom stereocenters. The zero-order valence-electron chi connectivity index (χ0n) is 41.6. The van der Waals surface area contributed by atoms with Crippen LogP contribution in [0.1, 0.15) is 44.3 Å². The van der Waals surface area contributed by atoms with Crippen molar-refractivity contribution < 1.29 is 0 Å². The van der Waals surface area contributed by atoms with Crippen molar-refractivity contribution in [2.24, 2.45) is 0 Å². The molecular formula is C57H52Cl7N9S. The van der Waals surface area contributed by atoms with Crippen molar-refractivity contribution in [3.05, 3.63) is 213 Å². The number of nitrogens with zero attached hydrogens (tertiary/aromatic N) is 3. The summed E-state index contributed by atoms with van der Waals surface area (Å²) in [6, 6.07) is 32.1. The van der Waals surface area contributed by atoms with E-state index in [0.29, 0.717) is 5.02 Å². The van der Waals surface area contributed by atoms with E-state index in [1.54, 1.807) is 30.9 Å². The second-order valence-electron chi connectivity index (χ2n) is 17.4. The first-order valence-electron chi connectivity index (χ1n) is 23.0. The van der Waals surface area contributed by atoms with Gasteiger partial charge in [-0.05, 0) is 145 Å². The first-order valence-corrected chi connectivity index (χ1v) is 26.5. The monoisotopic (exact) mass is 1140 g/mol. The van der Waals surface area contributed by atoms with Gasteiger partial charge in [0.25, 0.3) is 0 Å². The number of aromatic amines is 6. The van der Waals surface area contributed by atoms with Gasteiger partial charge in [0.15, 0.2) is 0 Å². The molecule has 13 aromatic rings. The molecule has 10 aromatic heterocycles. The molecule has 0 aliphatic rings. The van der Waals surface area contributed by atoms with Crippen LogP contribution in [0.15, 0.2) is 134 Å². The summed E-state index contributed by atoms with van der Waals surface area (Å²) in [7, 11) is 0. The van der Waals surface area contributed by atoms with Gasteiger partial charge in [0.05, 0.1) is 35.0 Å². The van der Waals surface area contributed by atoms with Crippen molar-refractivity contribution >= 4 is 158 Å². The molecule has 10 heterocycles. The molecule has 0 radical (unpaired) electrons. The molecule has 13 rings (SSSR count). The van der Waals surface area contributed by atoms with Gasteiger partial charge in [-0.3, -0.25) is 4.98 Å². The zero-order chi connectivity index (χ0) is 53.2. The summed E-state index contributed by atoms with van der Waals surface area (Å²) in [5, 5.41) is 11.1. The Bertz CT molecular complexity index is 3530.